The lowest BCUT2D eigenvalue weighted by atomic mass is 10.1. The fourth-order valence-corrected chi connectivity index (χ4v) is 1.32. The van der Waals surface area contributed by atoms with Gasteiger partial charge in [-0.2, -0.15) is 5.26 Å². The third-order valence-electron chi connectivity index (χ3n) is 2.03. The fraction of sp³-hybridized carbons (Fsp3) is 0. The second-order valence-corrected chi connectivity index (χ2v) is 3.12. The Morgan fingerprint density at radius 1 is 1.38 bits per heavy atom. The van der Waals surface area contributed by atoms with Gasteiger partial charge in [-0.1, -0.05) is 12.1 Å². The van der Waals surface area contributed by atoms with E-state index in [4.69, 9.17) is 11.0 Å². The molecule has 0 radical (unpaired) electrons. The van der Waals surface area contributed by atoms with Crippen molar-refractivity contribution in [2.24, 2.45) is 0 Å². The topological polar surface area (TPSA) is 75.6 Å². The summed E-state index contributed by atoms with van der Waals surface area (Å²) in [5.41, 5.74) is 6.43. The quantitative estimate of drug-likeness (QED) is 0.784. The molecule has 2 rings (SSSR count). The van der Waals surface area contributed by atoms with Crippen molar-refractivity contribution >= 4 is 5.95 Å². The van der Waals surface area contributed by atoms with Gasteiger partial charge < -0.3 is 5.73 Å². The number of nitriles is 1. The third kappa shape index (κ3) is 1.81. The fourth-order valence-electron chi connectivity index (χ4n) is 1.32. The molecule has 0 amide bonds. The zero-order chi connectivity index (χ0) is 11.5. The van der Waals surface area contributed by atoms with Crippen LogP contribution in [0.1, 0.15) is 5.56 Å². The number of hydrogen-bond donors (Lipinski definition) is 1. The SMILES string of the molecule is N#Cc1cccc(-c2nc(N)ncc2F)c1. The molecule has 16 heavy (non-hydrogen) atoms. The van der Waals surface area contributed by atoms with Crippen LogP contribution in [0.5, 0.6) is 0 Å². The standard InChI is InChI=1S/C11H7FN4/c12-9-6-15-11(14)16-10(9)8-3-1-2-7(4-8)5-13/h1-4,6H,(H2,14,15,16). The Bertz CT molecular complexity index is 574. The summed E-state index contributed by atoms with van der Waals surface area (Å²) < 4.78 is 13.4. The summed E-state index contributed by atoms with van der Waals surface area (Å²) in [5.74, 6) is -0.567. The first-order valence-electron chi connectivity index (χ1n) is 4.49. The number of hydrogen-bond acceptors (Lipinski definition) is 4. The largest absolute Gasteiger partial charge is 0.368 e. The molecule has 2 N–H and O–H groups in total. The summed E-state index contributed by atoms with van der Waals surface area (Å²) in [7, 11) is 0. The Labute approximate surface area is 91.2 Å². The number of anilines is 1. The average Bonchev–Trinajstić information content (AvgIpc) is 2.32. The highest BCUT2D eigenvalue weighted by Crippen LogP contribution is 2.21. The number of nitrogens with two attached hydrogens (primary N) is 1. The minimum atomic E-state index is -0.565. The van der Waals surface area contributed by atoms with Crippen molar-refractivity contribution in [1.29, 1.82) is 5.26 Å². The van der Waals surface area contributed by atoms with E-state index >= 15 is 0 Å². The van der Waals surface area contributed by atoms with E-state index in [9.17, 15) is 4.39 Å². The Morgan fingerprint density at radius 2 is 2.19 bits per heavy atom. The van der Waals surface area contributed by atoms with Gasteiger partial charge in [0.2, 0.25) is 5.95 Å². The van der Waals surface area contributed by atoms with Gasteiger partial charge in [-0.05, 0) is 12.1 Å². The summed E-state index contributed by atoms with van der Waals surface area (Å²) in [6, 6.07) is 8.47. The van der Waals surface area contributed by atoms with E-state index < -0.39 is 5.82 Å². The summed E-state index contributed by atoms with van der Waals surface area (Å²) in [6.45, 7) is 0. The molecule has 0 aliphatic heterocycles. The van der Waals surface area contributed by atoms with E-state index in [1.165, 1.54) is 0 Å². The zero-order valence-electron chi connectivity index (χ0n) is 8.18. The van der Waals surface area contributed by atoms with E-state index in [1.807, 2.05) is 6.07 Å². The first-order valence-corrected chi connectivity index (χ1v) is 4.49. The van der Waals surface area contributed by atoms with Crippen molar-refractivity contribution in [3.63, 3.8) is 0 Å². The van der Waals surface area contributed by atoms with Gasteiger partial charge >= 0.3 is 0 Å². The van der Waals surface area contributed by atoms with Crippen molar-refractivity contribution in [2.45, 2.75) is 0 Å². The normalized spacial score (nSPS) is 9.75. The summed E-state index contributed by atoms with van der Waals surface area (Å²) in [4.78, 5) is 7.33. The first kappa shape index (κ1) is 10.1. The van der Waals surface area contributed by atoms with Crippen LogP contribution in [0.4, 0.5) is 10.3 Å². The molecule has 0 fully saturated rings. The van der Waals surface area contributed by atoms with Gasteiger partial charge in [0.05, 0.1) is 17.8 Å². The zero-order valence-corrected chi connectivity index (χ0v) is 8.18. The summed E-state index contributed by atoms with van der Waals surface area (Å²) in [6.07, 6.45) is 1.01. The Morgan fingerprint density at radius 3 is 2.94 bits per heavy atom. The number of rotatable bonds is 1. The molecule has 1 aromatic carbocycles. The van der Waals surface area contributed by atoms with Crippen molar-refractivity contribution in [3.05, 3.63) is 41.8 Å². The van der Waals surface area contributed by atoms with E-state index in [-0.39, 0.29) is 11.6 Å². The van der Waals surface area contributed by atoms with Gasteiger partial charge in [0.1, 0.15) is 5.69 Å². The summed E-state index contributed by atoms with van der Waals surface area (Å²) >= 11 is 0. The van der Waals surface area contributed by atoms with Crippen molar-refractivity contribution in [1.82, 2.24) is 9.97 Å². The number of nitrogens with zero attached hydrogens (tertiary/aromatic N) is 3. The van der Waals surface area contributed by atoms with Gasteiger partial charge in [0.25, 0.3) is 0 Å². The Hall–Kier alpha value is -2.48. The second kappa shape index (κ2) is 3.95. The molecule has 0 spiro atoms. The van der Waals surface area contributed by atoms with Crippen molar-refractivity contribution < 1.29 is 4.39 Å². The number of benzene rings is 1. The first-order chi connectivity index (χ1) is 7.70. The predicted octanol–water partition coefficient (Wildman–Crippen LogP) is 1.74. The molecule has 0 bridgehead atoms. The second-order valence-electron chi connectivity index (χ2n) is 3.12. The van der Waals surface area contributed by atoms with Crippen LogP contribution < -0.4 is 5.73 Å². The van der Waals surface area contributed by atoms with Gasteiger partial charge in [0, 0.05) is 5.56 Å². The van der Waals surface area contributed by atoms with Gasteiger partial charge in [-0.3, -0.25) is 0 Å². The highest BCUT2D eigenvalue weighted by molar-refractivity contribution is 5.62. The molecule has 5 heteroatoms. The van der Waals surface area contributed by atoms with Gasteiger partial charge in [-0.25, -0.2) is 14.4 Å². The van der Waals surface area contributed by atoms with Crippen molar-refractivity contribution in [3.8, 4) is 17.3 Å². The van der Waals surface area contributed by atoms with E-state index in [1.54, 1.807) is 24.3 Å². The molecule has 0 saturated carbocycles. The van der Waals surface area contributed by atoms with Crippen LogP contribution in [0.2, 0.25) is 0 Å². The van der Waals surface area contributed by atoms with E-state index in [0.717, 1.165) is 6.20 Å². The molecule has 0 unspecified atom stereocenters. The Kier molecular flexibility index (Phi) is 2.48. The highest BCUT2D eigenvalue weighted by atomic mass is 19.1. The molecule has 2 aromatic rings. The number of halogens is 1. The minimum absolute atomic E-state index is 0.00115. The number of nitrogen functional groups attached to an aromatic ring is 1. The average molecular weight is 214 g/mol. The number of aromatic nitrogens is 2. The van der Waals surface area contributed by atoms with Crippen LogP contribution in [0.3, 0.4) is 0 Å². The smallest absolute Gasteiger partial charge is 0.220 e. The lowest BCUT2D eigenvalue weighted by Gasteiger charge is -2.02. The molecule has 78 valence electrons. The molecule has 1 heterocycles. The molecular formula is C11H7FN4. The van der Waals surface area contributed by atoms with E-state index in [0.29, 0.717) is 11.1 Å². The van der Waals surface area contributed by atoms with Crippen LogP contribution in [0, 0.1) is 17.1 Å². The molecular weight excluding hydrogens is 207 g/mol. The van der Waals surface area contributed by atoms with Crippen LogP contribution >= 0.6 is 0 Å². The lowest BCUT2D eigenvalue weighted by molar-refractivity contribution is 0.619. The van der Waals surface area contributed by atoms with E-state index in [2.05, 4.69) is 9.97 Å². The monoisotopic (exact) mass is 214 g/mol. The molecule has 1 aromatic heterocycles. The maximum absolute atomic E-state index is 13.4. The van der Waals surface area contributed by atoms with Crippen LogP contribution in [0.25, 0.3) is 11.3 Å². The molecule has 0 atom stereocenters. The molecule has 0 aliphatic rings. The highest BCUT2D eigenvalue weighted by Gasteiger charge is 2.08. The molecule has 0 aliphatic carbocycles. The lowest BCUT2D eigenvalue weighted by Crippen LogP contribution is -1.98. The summed E-state index contributed by atoms with van der Waals surface area (Å²) in [5, 5.41) is 8.73. The van der Waals surface area contributed by atoms with Crippen LogP contribution in [-0.4, -0.2) is 9.97 Å². The van der Waals surface area contributed by atoms with Crippen LogP contribution in [-0.2, 0) is 0 Å². The molecule has 0 saturated heterocycles. The van der Waals surface area contributed by atoms with Gasteiger partial charge in [-0.15, -0.1) is 0 Å². The maximum atomic E-state index is 13.4. The molecule has 4 nitrogen and oxygen atoms in total. The predicted molar refractivity (Wildman–Crippen MR) is 56.6 cm³/mol. The maximum Gasteiger partial charge on any atom is 0.220 e. The minimum Gasteiger partial charge on any atom is -0.368 e. The Balaban J connectivity index is 2.58. The van der Waals surface area contributed by atoms with Crippen LogP contribution in [0.15, 0.2) is 30.5 Å². The van der Waals surface area contributed by atoms with Gasteiger partial charge in [0.15, 0.2) is 5.82 Å². The third-order valence-corrected chi connectivity index (χ3v) is 2.03. The van der Waals surface area contributed by atoms with Crippen molar-refractivity contribution in [2.75, 3.05) is 5.73 Å².